The summed E-state index contributed by atoms with van der Waals surface area (Å²) in [5, 5.41) is 23.3. The zero-order chi connectivity index (χ0) is 20.6. The van der Waals surface area contributed by atoms with E-state index in [1.54, 1.807) is 36.4 Å². The standard InChI is InChI=1S/C20H18N2O6Si/c23-21(24)19-12-6-4-8-16(19)14-27-29(18-10-2-1-3-11-18)28-15-17-9-5-7-13-20(17)22(25)26/h1-13,29H,14-15H2. The Balaban J connectivity index is 1.78. The zero-order valence-corrected chi connectivity index (χ0v) is 16.5. The lowest BCUT2D eigenvalue weighted by atomic mass is 10.2. The lowest BCUT2D eigenvalue weighted by Crippen LogP contribution is -2.36. The van der Waals surface area contributed by atoms with Crippen molar-refractivity contribution in [2.24, 2.45) is 0 Å². The van der Waals surface area contributed by atoms with Crippen LogP contribution < -0.4 is 5.19 Å². The monoisotopic (exact) mass is 410 g/mol. The van der Waals surface area contributed by atoms with Crippen molar-refractivity contribution in [2.45, 2.75) is 13.2 Å². The molecule has 3 rings (SSSR count). The van der Waals surface area contributed by atoms with Crippen LogP contribution in [0.1, 0.15) is 11.1 Å². The normalized spacial score (nSPS) is 10.8. The van der Waals surface area contributed by atoms with Crippen molar-refractivity contribution in [3.8, 4) is 0 Å². The van der Waals surface area contributed by atoms with Crippen molar-refractivity contribution in [1.29, 1.82) is 0 Å². The largest absolute Gasteiger partial charge is 0.388 e. The van der Waals surface area contributed by atoms with Gasteiger partial charge in [-0.3, -0.25) is 20.2 Å². The molecule has 0 spiro atoms. The van der Waals surface area contributed by atoms with Crippen LogP contribution in [0.2, 0.25) is 0 Å². The van der Waals surface area contributed by atoms with Gasteiger partial charge in [0.25, 0.3) is 11.4 Å². The third kappa shape index (κ3) is 5.32. The van der Waals surface area contributed by atoms with Gasteiger partial charge in [-0.25, -0.2) is 0 Å². The molecule has 0 radical (unpaired) electrons. The Morgan fingerprint density at radius 2 is 1.07 bits per heavy atom. The van der Waals surface area contributed by atoms with Crippen LogP contribution in [0, 0.1) is 20.2 Å². The summed E-state index contributed by atoms with van der Waals surface area (Å²) in [6, 6.07) is 22.0. The van der Waals surface area contributed by atoms with Crippen LogP contribution in [-0.2, 0) is 22.1 Å². The molecule has 9 heteroatoms. The second-order valence-corrected chi connectivity index (χ2v) is 8.13. The summed E-state index contributed by atoms with van der Waals surface area (Å²) >= 11 is 0. The van der Waals surface area contributed by atoms with Crippen LogP contribution in [0.25, 0.3) is 0 Å². The number of para-hydroxylation sites is 2. The zero-order valence-electron chi connectivity index (χ0n) is 15.3. The lowest BCUT2D eigenvalue weighted by molar-refractivity contribution is -0.385. The fourth-order valence-corrected chi connectivity index (χ4v) is 4.48. The number of nitrogens with zero attached hydrogens (tertiary/aromatic N) is 2. The highest BCUT2D eigenvalue weighted by Crippen LogP contribution is 2.21. The minimum absolute atomic E-state index is 0.0137. The van der Waals surface area contributed by atoms with Gasteiger partial charge in [0.2, 0.25) is 0 Å². The van der Waals surface area contributed by atoms with Crippen molar-refractivity contribution in [1.82, 2.24) is 0 Å². The predicted molar refractivity (Wildman–Crippen MR) is 109 cm³/mol. The minimum atomic E-state index is -2.48. The first-order valence-electron chi connectivity index (χ1n) is 8.79. The summed E-state index contributed by atoms with van der Waals surface area (Å²) < 4.78 is 11.9. The molecule has 0 N–H and O–H groups in total. The molecule has 0 unspecified atom stereocenters. The summed E-state index contributed by atoms with van der Waals surface area (Å²) in [7, 11) is -2.48. The molecule has 0 aromatic heterocycles. The van der Waals surface area contributed by atoms with Crippen LogP contribution in [0.5, 0.6) is 0 Å². The molecule has 0 fully saturated rings. The Hall–Kier alpha value is -3.40. The quantitative estimate of drug-likeness (QED) is 0.304. The van der Waals surface area contributed by atoms with Gasteiger partial charge in [0, 0.05) is 12.1 Å². The van der Waals surface area contributed by atoms with Crippen LogP contribution in [0.4, 0.5) is 11.4 Å². The number of hydrogen-bond acceptors (Lipinski definition) is 6. The maximum atomic E-state index is 11.2. The van der Waals surface area contributed by atoms with Gasteiger partial charge in [0.05, 0.1) is 34.2 Å². The van der Waals surface area contributed by atoms with Gasteiger partial charge in [-0.1, -0.05) is 54.6 Å². The predicted octanol–water partition coefficient (Wildman–Crippen LogP) is 3.36. The van der Waals surface area contributed by atoms with E-state index in [0.29, 0.717) is 11.1 Å². The second-order valence-electron chi connectivity index (χ2n) is 6.14. The van der Waals surface area contributed by atoms with Gasteiger partial charge in [-0.2, -0.15) is 0 Å². The number of nitro groups is 2. The molecule has 29 heavy (non-hydrogen) atoms. The van der Waals surface area contributed by atoms with E-state index < -0.39 is 19.1 Å². The Morgan fingerprint density at radius 1 is 0.655 bits per heavy atom. The summed E-state index contributed by atoms with van der Waals surface area (Å²) in [5.74, 6) is 0. The van der Waals surface area contributed by atoms with Gasteiger partial charge in [0.15, 0.2) is 0 Å². The summed E-state index contributed by atoms with van der Waals surface area (Å²) in [6.07, 6.45) is 0. The molecular weight excluding hydrogens is 392 g/mol. The van der Waals surface area contributed by atoms with Crippen LogP contribution in [0.3, 0.4) is 0 Å². The first-order chi connectivity index (χ1) is 14.1. The van der Waals surface area contributed by atoms with E-state index in [9.17, 15) is 20.2 Å². The maximum Gasteiger partial charge on any atom is 0.356 e. The minimum Gasteiger partial charge on any atom is -0.388 e. The number of hydrogen-bond donors (Lipinski definition) is 0. The Labute approximate surface area is 168 Å². The highest BCUT2D eigenvalue weighted by atomic mass is 28.3. The Morgan fingerprint density at radius 3 is 1.52 bits per heavy atom. The third-order valence-corrected chi connectivity index (χ3v) is 6.10. The molecular formula is C20H18N2O6Si. The molecule has 3 aromatic rings. The average Bonchev–Trinajstić information content (AvgIpc) is 2.74. The maximum absolute atomic E-state index is 11.2. The van der Waals surface area contributed by atoms with E-state index in [4.69, 9.17) is 8.85 Å². The molecule has 148 valence electrons. The van der Waals surface area contributed by atoms with Crippen LogP contribution in [-0.4, -0.2) is 19.1 Å². The SMILES string of the molecule is O=[N+]([O-])c1ccccc1CO[SiH](OCc1ccccc1[N+](=O)[O-])c1ccccc1. The fraction of sp³-hybridized carbons (Fsp3) is 0.100. The van der Waals surface area contributed by atoms with Crippen LogP contribution in [0.15, 0.2) is 78.9 Å². The first-order valence-corrected chi connectivity index (χ1v) is 10.3. The fourth-order valence-electron chi connectivity index (χ4n) is 2.80. The number of rotatable bonds is 9. The molecule has 0 heterocycles. The van der Waals surface area contributed by atoms with Gasteiger partial charge in [-0.05, 0) is 17.3 Å². The topological polar surface area (TPSA) is 105 Å². The summed E-state index contributed by atoms with van der Waals surface area (Å²) in [5.41, 5.74) is 0.847. The Bertz CT molecular complexity index is 938. The molecule has 0 bridgehead atoms. The van der Waals surface area contributed by atoms with Gasteiger partial charge in [-0.15, -0.1) is 0 Å². The molecule has 8 nitrogen and oxygen atoms in total. The van der Waals surface area contributed by atoms with E-state index in [2.05, 4.69) is 0 Å². The van der Waals surface area contributed by atoms with Crippen molar-refractivity contribution in [2.75, 3.05) is 0 Å². The third-order valence-electron chi connectivity index (χ3n) is 4.23. The highest BCUT2D eigenvalue weighted by Gasteiger charge is 2.21. The van der Waals surface area contributed by atoms with Gasteiger partial charge >= 0.3 is 9.28 Å². The van der Waals surface area contributed by atoms with Crippen molar-refractivity contribution < 1.29 is 18.7 Å². The van der Waals surface area contributed by atoms with E-state index in [1.807, 2.05) is 30.3 Å². The van der Waals surface area contributed by atoms with E-state index >= 15 is 0 Å². The van der Waals surface area contributed by atoms with Gasteiger partial charge < -0.3 is 8.85 Å². The average molecular weight is 410 g/mol. The van der Waals surface area contributed by atoms with E-state index in [1.165, 1.54) is 12.1 Å². The first kappa shape index (κ1) is 20.3. The van der Waals surface area contributed by atoms with Crippen molar-refractivity contribution in [3.63, 3.8) is 0 Å². The van der Waals surface area contributed by atoms with Crippen molar-refractivity contribution >= 4 is 25.8 Å². The smallest absolute Gasteiger partial charge is 0.356 e. The Kier molecular flexibility index (Phi) is 6.79. The van der Waals surface area contributed by atoms with Crippen molar-refractivity contribution in [3.05, 3.63) is 110 Å². The number of nitro benzene ring substituents is 2. The highest BCUT2D eigenvalue weighted by molar-refractivity contribution is 6.61. The lowest BCUT2D eigenvalue weighted by Gasteiger charge is -2.17. The molecule has 3 aromatic carbocycles. The molecule has 0 atom stereocenters. The molecule has 0 aliphatic carbocycles. The summed E-state index contributed by atoms with van der Waals surface area (Å²) in [4.78, 5) is 21.5. The molecule has 0 aliphatic heterocycles. The van der Waals surface area contributed by atoms with Gasteiger partial charge in [0.1, 0.15) is 0 Å². The molecule has 0 saturated carbocycles. The second kappa shape index (κ2) is 9.69. The van der Waals surface area contributed by atoms with Crippen LogP contribution >= 0.6 is 0 Å². The van der Waals surface area contributed by atoms with E-state index in [-0.39, 0.29) is 24.6 Å². The molecule has 0 saturated heterocycles. The number of benzene rings is 3. The molecule has 0 amide bonds. The van der Waals surface area contributed by atoms with E-state index in [0.717, 1.165) is 5.19 Å². The molecule has 0 aliphatic rings. The summed E-state index contributed by atoms with van der Waals surface area (Å²) in [6.45, 7) is 0.0274.